The summed E-state index contributed by atoms with van der Waals surface area (Å²) in [5.41, 5.74) is 3.39. The van der Waals surface area contributed by atoms with Gasteiger partial charge in [0.15, 0.2) is 0 Å². The molecule has 0 N–H and O–H groups in total. The Morgan fingerprint density at radius 2 is 1.54 bits per heavy atom. The van der Waals surface area contributed by atoms with Gasteiger partial charge >= 0.3 is 5.97 Å². The van der Waals surface area contributed by atoms with Crippen LogP contribution in [-0.4, -0.2) is 42.2 Å². The van der Waals surface area contributed by atoms with Crippen molar-refractivity contribution in [2.45, 2.75) is 57.2 Å². The maximum atomic E-state index is 12.5. The molecular formula is C24H30ClNO2. The summed E-state index contributed by atoms with van der Waals surface area (Å²) in [6.07, 6.45) is 5.09. The van der Waals surface area contributed by atoms with Gasteiger partial charge < -0.3 is 21.6 Å². The van der Waals surface area contributed by atoms with Crippen LogP contribution >= 0.6 is 0 Å². The highest BCUT2D eigenvalue weighted by Gasteiger charge is 2.51. The molecule has 0 aromatic heterocycles. The molecule has 0 amide bonds. The van der Waals surface area contributed by atoms with Crippen molar-refractivity contribution in [2.24, 2.45) is 0 Å². The molecular weight excluding hydrogens is 370 g/mol. The zero-order valence-corrected chi connectivity index (χ0v) is 17.6. The average molecular weight is 400 g/mol. The lowest BCUT2D eigenvalue weighted by atomic mass is 9.96. The molecule has 2 atom stereocenters. The molecule has 2 fully saturated rings. The van der Waals surface area contributed by atoms with E-state index in [0.717, 1.165) is 18.4 Å². The van der Waals surface area contributed by atoms with Gasteiger partial charge in [-0.3, -0.25) is 4.79 Å². The predicted molar refractivity (Wildman–Crippen MR) is 108 cm³/mol. The molecule has 0 spiro atoms. The number of quaternary nitrogens is 1. The molecule has 150 valence electrons. The highest BCUT2D eigenvalue weighted by atomic mass is 35.5. The summed E-state index contributed by atoms with van der Waals surface area (Å²) in [4.78, 5) is 12.5. The summed E-state index contributed by atoms with van der Waals surface area (Å²) < 4.78 is 7.06. The van der Waals surface area contributed by atoms with Crippen molar-refractivity contribution < 1.29 is 26.4 Å². The van der Waals surface area contributed by atoms with Crippen molar-refractivity contribution >= 4 is 5.97 Å². The lowest BCUT2D eigenvalue weighted by molar-refractivity contribution is -0.947. The first-order valence-corrected chi connectivity index (χ1v) is 10.3. The first kappa shape index (κ1) is 20.9. The number of nitrogens with zero attached hydrogens (tertiary/aromatic N) is 1. The third-order valence-corrected chi connectivity index (χ3v) is 6.96. The summed E-state index contributed by atoms with van der Waals surface area (Å²) in [5.74, 6) is -0.0838. The molecule has 4 rings (SSSR count). The standard InChI is InChI=1S/C24H30NO2.ClH/c1-3-25(2)21-13-14-22(25)17-23(16-21)27-24(26)15-18-9-11-20(12-10-18)19-7-5-4-6-8-19;/h4-12,21-23H,3,13-17H2,1-2H3;1H/q+1;/p-1. The molecule has 0 saturated carbocycles. The lowest BCUT2D eigenvalue weighted by Crippen LogP contribution is -3.00. The van der Waals surface area contributed by atoms with Gasteiger partial charge in [-0.15, -0.1) is 0 Å². The molecule has 2 aliphatic heterocycles. The van der Waals surface area contributed by atoms with E-state index in [1.54, 1.807) is 0 Å². The van der Waals surface area contributed by atoms with Gasteiger partial charge in [-0.25, -0.2) is 0 Å². The van der Waals surface area contributed by atoms with E-state index in [0.29, 0.717) is 18.5 Å². The molecule has 2 saturated heterocycles. The minimum absolute atomic E-state index is 0. The number of rotatable bonds is 5. The molecule has 3 nitrogen and oxygen atoms in total. The van der Waals surface area contributed by atoms with Crippen LogP contribution in [0, 0.1) is 0 Å². The van der Waals surface area contributed by atoms with E-state index in [-0.39, 0.29) is 24.5 Å². The fraction of sp³-hybridized carbons (Fsp3) is 0.458. The van der Waals surface area contributed by atoms with Crippen LogP contribution < -0.4 is 12.4 Å². The zero-order valence-electron chi connectivity index (χ0n) is 16.8. The Bertz CT molecular complexity index is 776. The van der Waals surface area contributed by atoms with Gasteiger partial charge in [-0.1, -0.05) is 54.6 Å². The maximum Gasteiger partial charge on any atom is 0.310 e. The SMILES string of the molecule is CC[N+]1(C)C2CCC1CC(OC(=O)Cc1ccc(-c3ccccc3)cc1)C2.[Cl-]. The van der Waals surface area contributed by atoms with Gasteiger partial charge in [0.2, 0.25) is 0 Å². The van der Waals surface area contributed by atoms with E-state index in [4.69, 9.17) is 4.74 Å². The van der Waals surface area contributed by atoms with Crippen molar-refractivity contribution in [3.8, 4) is 11.1 Å². The van der Waals surface area contributed by atoms with Crippen molar-refractivity contribution in [2.75, 3.05) is 13.6 Å². The second kappa shape index (κ2) is 8.67. The summed E-state index contributed by atoms with van der Waals surface area (Å²) in [5, 5.41) is 0. The minimum atomic E-state index is -0.0838. The average Bonchev–Trinajstić information content (AvgIpc) is 2.85. The number of ether oxygens (including phenoxy) is 1. The third-order valence-electron chi connectivity index (χ3n) is 6.96. The molecule has 2 aliphatic rings. The van der Waals surface area contributed by atoms with Gasteiger partial charge in [-0.2, -0.15) is 0 Å². The maximum absolute atomic E-state index is 12.5. The van der Waals surface area contributed by atoms with Gasteiger partial charge in [0.1, 0.15) is 6.10 Å². The Morgan fingerprint density at radius 3 is 2.11 bits per heavy atom. The Balaban J connectivity index is 0.00000225. The molecule has 28 heavy (non-hydrogen) atoms. The van der Waals surface area contributed by atoms with Crippen molar-refractivity contribution in [1.29, 1.82) is 0 Å². The van der Waals surface area contributed by atoms with E-state index in [9.17, 15) is 4.79 Å². The summed E-state index contributed by atoms with van der Waals surface area (Å²) in [7, 11) is 2.38. The highest BCUT2D eigenvalue weighted by molar-refractivity contribution is 5.73. The first-order chi connectivity index (χ1) is 13.1. The second-order valence-corrected chi connectivity index (χ2v) is 8.37. The van der Waals surface area contributed by atoms with Crippen LogP contribution in [0.25, 0.3) is 11.1 Å². The van der Waals surface area contributed by atoms with Crippen LogP contribution in [0.4, 0.5) is 0 Å². The molecule has 0 aliphatic carbocycles. The first-order valence-electron chi connectivity index (χ1n) is 10.3. The number of fused-ring (bicyclic) bond motifs is 2. The molecule has 2 aromatic rings. The number of hydrogen-bond donors (Lipinski definition) is 0. The highest BCUT2D eigenvalue weighted by Crippen LogP contribution is 2.41. The van der Waals surface area contributed by atoms with Crippen LogP contribution in [0.1, 0.15) is 38.2 Å². The topological polar surface area (TPSA) is 26.3 Å². The second-order valence-electron chi connectivity index (χ2n) is 8.37. The van der Waals surface area contributed by atoms with E-state index < -0.39 is 0 Å². The normalized spacial score (nSPS) is 28.4. The van der Waals surface area contributed by atoms with Crippen LogP contribution in [0.3, 0.4) is 0 Å². The van der Waals surface area contributed by atoms with Crippen LogP contribution in [-0.2, 0) is 16.0 Å². The van der Waals surface area contributed by atoms with Crippen molar-refractivity contribution in [1.82, 2.24) is 0 Å². The lowest BCUT2D eigenvalue weighted by Gasteiger charge is -2.46. The predicted octanol–water partition coefficient (Wildman–Crippen LogP) is 1.60. The fourth-order valence-corrected chi connectivity index (χ4v) is 5.15. The molecule has 2 bridgehead atoms. The van der Waals surface area contributed by atoms with Gasteiger partial charge in [-0.05, 0) is 23.6 Å². The largest absolute Gasteiger partial charge is 1.00 e. The minimum Gasteiger partial charge on any atom is -1.00 e. The summed E-state index contributed by atoms with van der Waals surface area (Å²) in [6, 6.07) is 19.9. The molecule has 2 heterocycles. The quantitative estimate of drug-likeness (QED) is 0.564. The number of hydrogen-bond acceptors (Lipinski definition) is 2. The molecule has 0 radical (unpaired) electrons. The van der Waals surface area contributed by atoms with E-state index in [1.807, 2.05) is 30.3 Å². The van der Waals surface area contributed by atoms with Crippen LogP contribution in [0.5, 0.6) is 0 Å². The Morgan fingerprint density at radius 1 is 0.964 bits per heavy atom. The van der Waals surface area contributed by atoms with Crippen LogP contribution in [0.2, 0.25) is 0 Å². The van der Waals surface area contributed by atoms with Gasteiger partial charge in [0.25, 0.3) is 0 Å². The number of carbonyl (C=O) groups excluding carboxylic acids is 1. The van der Waals surface area contributed by atoms with Crippen molar-refractivity contribution in [3.63, 3.8) is 0 Å². The van der Waals surface area contributed by atoms with E-state index in [1.165, 1.54) is 35.0 Å². The Labute approximate surface area is 174 Å². The molecule has 2 unspecified atom stereocenters. The molecule has 4 heteroatoms. The number of esters is 1. The molecule has 2 aromatic carbocycles. The van der Waals surface area contributed by atoms with Crippen LogP contribution in [0.15, 0.2) is 54.6 Å². The summed E-state index contributed by atoms with van der Waals surface area (Å²) in [6.45, 7) is 3.47. The monoisotopic (exact) mass is 399 g/mol. The number of piperidine rings is 1. The van der Waals surface area contributed by atoms with E-state index in [2.05, 4.69) is 38.2 Å². The number of carbonyl (C=O) groups is 1. The Kier molecular flexibility index (Phi) is 6.47. The number of halogens is 1. The Hall–Kier alpha value is -1.84. The van der Waals surface area contributed by atoms with Gasteiger partial charge in [0, 0.05) is 25.7 Å². The van der Waals surface area contributed by atoms with Gasteiger partial charge in [0.05, 0.1) is 32.1 Å². The smallest absolute Gasteiger partial charge is 0.310 e. The zero-order chi connectivity index (χ0) is 18.9. The van der Waals surface area contributed by atoms with E-state index >= 15 is 0 Å². The summed E-state index contributed by atoms with van der Waals surface area (Å²) >= 11 is 0. The third kappa shape index (κ3) is 4.11. The fourth-order valence-electron chi connectivity index (χ4n) is 5.15. The number of benzene rings is 2. The van der Waals surface area contributed by atoms with Crippen molar-refractivity contribution in [3.05, 3.63) is 60.2 Å².